The van der Waals surface area contributed by atoms with E-state index >= 15 is 0 Å². The summed E-state index contributed by atoms with van der Waals surface area (Å²) in [5, 5.41) is 8.31. The van der Waals surface area contributed by atoms with Gasteiger partial charge in [-0.25, -0.2) is 4.68 Å². The summed E-state index contributed by atoms with van der Waals surface area (Å²) in [5.74, 6) is 1.07. The number of rotatable bonds is 4. The molecule has 0 aliphatic carbocycles. The van der Waals surface area contributed by atoms with Gasteiger partial charge in [0.2, 0.25) is 5.95 Å². The van der Waals surface area contributed by atoms with Crippen molar-refractivity contribution in [3.63, 3.8) is 0 Å². The summed E-state index contributed by atoms with van der Waals surface area (Å²) in [6.07, 6.45) is 3.74. The summed E-state index contributed by atoms with van der Waals surface area (Å²) in [4.78, 5) is 16.6. The molecule has 0 radical (unpaired) electrons. The number of nitrogens with zero attached hydrogens (tertiary/aromatic N) is 4. The molecule has 1 aliphatic rings. The van der Waals surface area contributed by atoms with Gasteiger partial charge in [0.1, 0.15) is 5.39 Å². The molecule has 0 amide bonds. The van der Waals surface area contributed by atoms with Crippen molar-refractivity contribution in [2.24, 2.45) is 5.92 Å². The summed E-state index contributed by atoms with van der Waals surface area (Å²) in [6.45, 7) is 7.74. The summed E-state index contributed by atoms with van der Waals surface area (Å²) < 4.78 is 3.86. The molecular weight excluding hydrogens is 314 g/mol. The zero-order valence-corrected chi connectivity index (χ0v) is 14.7. The number of hydrogen-bond acceptors (Lipinski definition) is 4. The van der Waals surface area contributed by atoms with E-state index < -0.39 is 0 Å². The number of aryl methyl sites for hydroxylation is 1. The summed E-state index contributed by atoms with van der Waals surface area (Å²) in [7, 11) is 0. The lowest BCUT2D eigenvalue weighted by molar-refractivity contribution is 0.671. The van der Waals surface area contributed by atoms with Crippen molar-refractivity contribution in [2.45, 2.75) is 27.3 Å². The maximum atomic E-state index is 12.4. The van der Waals surface area contributed by atoms with Gasteiger partial charge in [-0.3, -0.25) is 9.36 Å². The predicted molar refractivity (Wildman–Crippen MR) is 99.7 cm³/mol. The molecule has 128 valence electrons. The van der Waals surface area contributed by atoms with E-state index in [2.05, 4.69) is 60.4 Å². The Kier molecular flexibility index (Phi) is 3.67. The Morgan fingerprint density at radius 1 is 1.32 bits per heavy atom. The Balaban J connectivity index is 1.87. The van der Waals surface area contributed by atoms with Crippen LogP contribution in [0.5, 0.6) is 0 Å². The Hall–Kier alpha value is -2.89. The molecule has 25 heavy (non-hydrogen) atoms. The van der Waals surface area contributed by atoms with Crippen molar-refractivity contribution in [3.8, 4) is 0 Å². The van der Waals surface area contributed by atoms with Crippen LogP contribution in [0.15, 0.2) is 41.3 Å². The number of hydrogen-bond donors (Lipinski definition) is 1. The van der Waals surface area contributed by atoms with Crippen LogP contribution in [0.4, 0.5) is 5.95 Å². The summed E-state index contributed by atoms with van der Waals surface area (Å²) >= 11 is 0. The minimum Gasteiger partial charge on any atom is -0.355 e. The highest BCUT2D eigenvalue weighted by Crippen LogP contribution is 2.27. The molecule has 0 atom stereocenters. The van der Waals surface area contributed by atoms with E-state index in [1.807, 2.05) is 15.3 Å². The van der Waals surface area contributed by atoms with E-state index in [0.717, 1.165) is 23.5 Å². The predicted octanol–water partition coefficient (Wildman–Crippen LogP) is 2.87. The maximum Gasteiger partial charge on any atom is 0.285 e. The maximum absolute atomic E-state index is 12.4. The molecule has 0 bridgehead atoms. The number of nitrogens with one attached hydrogen (secondary N) is 1. The molecule has 1 N–H and O–H groups in total. The third-order valence-corrected chi connectivity index (χ3v) is 4.37. The lowest BCUT2D eigenvalue weighted by atomic mass is 10.1. The molecule has 0 spiro atoms. The minimum absolute atomic E-state index is 0.241. The van der Waals surface area contributed by atoms with Crippen LogP contribution in [0.25, 0.3) is 16.7 Å². The third kappa shape index (κ3) is 2.63. The highest BCUT2D eigenvalue weighted by atomic mass is 16.1. The fourth-order valence-electron chi connectivity index (χ4n) is 3.16. The van der Waals surface area contributed by atoms with Gasteiger partial charge in [0.05, 0.1) is 11.9 Å². The second kappa shape index (κ2) is 5.88. The zero-order valence-electron chi connectivity index (χ0n) is 14.7. The first-order valence-corrected chi connectivity index (χ1v) is 8.54. The van der Waals surface area contributed by atoms with Crippen molar-refractivity contribution >= 4 is 22.7 Å². The summed E-state index contributed by atoms with van der Waals surface area (Å²) in [6, 6.07) is 8.31. The second-order valence-electron chi connectivity index (χ2n) is 6.88. The topological polar surface area (TPSA) is 64.7 Å². The van der Waals surface area contributed by atoms with E-state index in [1.54, 1.807) is 6.20 Å². The average molecular weight is 335 g/mol. The molecule has 1 aliphatic heterocycles. The molecule has 6 nitrogen and oxygen atoms in total. The SMILES string of the molecule is Cc1cccc(C2=CCn3c(NCC(C)C)nc(=O)c4cnn2c43)c1. The first-order valence-electron chi connectivity index (χ1n) is 8.54. The van der Waals surface area contributed by atoms with E-state index in [4.69, 9.17) is 0 Å². The normalized spacial score (nSPS) is 13.4. The number of anilines is 1. The molecular formula is C19H21N5O. The zero-order chi connectivity index (χ0) is 17.6. The standard InChI is InChI=1S/C19H21N5O/c1-12(2)10-20-19-22-17(25)15-11-21-24-16(7-8-23(19)18(15)24)14-6-4-5-13(3)9-14/h4-7,9,11-12H,8,10H2,1-3H3,(H,20,22,25). The lowest BCUT2D eigenvalue weighted by Gasteiger charge is -2.21. The van der Waals surface area contributed by atoms with Gasteiger partial charge in [-0.1, -0.05) is 37.6 Å². The Morgan fingerprint density at radius 3 is 2.92 bits per heavy atom. The van der Waals surface area contributed by atoms with Gasteiger partial charge < -0.3 is 5.32 Å². The van der Waals surface area contributed by atoms with E-state index in [-0.39, 0.29) is 5.56 Å². The number of allylic oxidation sites excluding steroid dienone is 1. The van der Waals surface area contributed by atoms with Gasteiger partial charge in [0, 0.05) is 18.7 Å². The first kappa shape index (κ1) is 15.6. The fraction of sp³-hybridized carbons (Fsp3) is 0.316. The van der Waals surface area contributed by atoms with Gasteiger partial charge in [-0.2, -0.15) is 10.1 Å². The van der Waals surface area contributed by atoms with Crippen LogP contribution in [0.3, 0.4) is 0 Å². The van der Waals surface area contributed by atoms with Gasteiger partial charge in [-0.05, 0) is 25.0 Å². The largest absolute Gasteiger partial charge is 0.355 e. The van der Waals surface area contributed by atoms with Gasteiger partial charge in [0.25, 0.3) is 5.56 Å². The Morgan fingerprint density at radius 2 is 2.16 bits per heavy atom. The highest BCUT2D eigenvalue weighted by Gasteiger charge is 2.21. The quantitative estimate of drug-likeness (QED) is 0.796. The minimum atomic E-state index is -0.241. The molecule has 3 aromatic rings. The molecule has 0 saturated carbocycles. The third-order valence-electron chi connectivity index (χ3n) is 4.37. The van der Waals surface area contributed by atoms with E-state index in [1.165, 1.54) is 5.56 Å². The van der Waals surface area contributed by atoms with Gasteiger partial charge >= 0.3 is 0 Å². The smallest absolute Gasteiger partial charge is 0.285 e. The van der Waals surface area contributed by atoms with Gasteiger partial charge in [0.15, 0.2) is 5.65 Å². The molecule has 4 rings (SSSR count). The Bertz CT molecular complexity index is 1040. The number of benzene rings is 1. The van der Waals surface area contributed by atoms with Crippen molar-refractivity contribution in [1.82, 2.24) is 19.3 Å². The fourth-order valence-corrected chi connectivity index (χ4v) is 3.16. The lowest BCUT2D eigenvalue weighted by Crippen LogP contribution is -2.24. The molecule has 0 saturated heterocycles. The van der Waals surface area contributed by atoms with Crippen LogP contribution in [-0.4, -0.2) is 25.9 Å². The molecule has 1 aromatic carbocycles. The van der Waals surface area contributed by atoms with Crippen molar-refractivity contribution < 1.29 is 0 Å². The van der Waals surface area contributed by atoms with Crippen LogP contribution in [0.2, 0.25) is 0 Å². The molecule has 3 heterocycles. The first-order chi connectivity index (χ1) is 12.0. The van der Waals surface area contributed by atoms with Gasteiger partial charge in [-0.15, -0.1) is 0 Å². The van der Waals surface area contributed by atoms with Crippen LogP contribution in [0.1, 0.15) is 25.0 Å². The van der Waals surface area contributed by atoms with E-state index in [0.29, 0.717) is 23.8 Å². The van der Waals surface area contributed by atoms with Crippen molar-refractivity contribution in [1.29, 1.82) is 0 Å². The second-order valence-corrected chi connectivity index (χ2v) is 6.88. The van der Waals surface area contributed by atoms with Crippen LogP contribution in [-0.2, 0) is 6.54 Å². The summed E-state index contributed by atoms with van der Waals surface area (Å²) in [5.41, 5.74) is 3.84. The molecule has 6 heteroatoms. The van der Waals surface area contributed by atoms with Crippen LogP contribution >= 0.6 is 0 Å². The highest BCUT2D eigenvalue weighted by molar-refractivity contribution is 5.83. The van der Waals surface area contributed by atoms with Crippen molar-refractivity contribution in [2.75, 3.05) is 11.9 Å². The van der Waals surface area contributed by atoms with Crippen LogP contribution < -0.4 is 10.9 Å². The van der Waals surface area contributed by atoms with Crippen molar-refractivity contribution in [3.05, 3.63) is 58.0 Å². The van der Waals surface area contributed by atoms with E-state index in [9.17, 15) is 4.79 Å². The molecule has 0 unspecified atom stereocenters. The Labute approximate surface area is 145 Å². The number of aromatic nitrogens is 4. The average Bonchev–Trinajstić information content (AvgIpc) is 3.03. The monoisotopic (exact) mass is 335 g/mol. The molecule has 2 aromatic heterocycles. The van der Waals surface area contributed by atoms with Crippen LogP contribution in [0, 0.1) is 12.8 Å². The molecule has 0 fully saturated rings.